The van der Waals surface area contributed by atoms with Crippen molar-refractivity contribution in [3.8, 4) is 0 Å². The fourth-order valence-corrected chi connectivity index (χ4v) is 0.836. The van der Waals surface area contributed by atoms with Crippen molar-refractivity contribution in [1.82, 2.24) is 0 Å². The summed E-state index contributed by atoms with van der Waals surface area (Å²) in [4.78, 5) is 3.65. The minimum atomic E-state index is -1.53. The molecule has 0 spiro atoms. The van der Waals surface area contributed by atoms with Crippen molar-refractivity contribution in [2.45, 2.75) is 41.0 Å². The van der Waals surface area contributed by atoms with Crippen LogP contribution in [0.3, 0.4) is 0 Å². The van der Waals surface area contributed by atoms with Crippen LogP contribution in [0.2, 0.25) is 0 Å². The second-order valence-corrected chi connectivity index (χ2v) is 3.64. The Morgan fingerprint density at radius 1 is 1.43 bits per heavy atom. The fraction of sp³-hybridized carbons (Fsp3) is 0.700. The second-order valence-electron chi connectivity index (χ2n) is 2.80. The average molecular weight is 218 g/mol. The van der Waals surface area contributed by atoms with Gasteiger partial charge in [-0.3, -0.25) is 4.99 Å². The largest absolute Gasteiger partial charge is 0.558 e. The summed E-state index contributed by atoms with van der Waals surface area (Å²) in [5.41, 5.74) is 0.955. The lowest BCUT2D eigenvalue weighted by atomic mass is 10.4. The lowest BCUT2D eigenvalue weighted by Gasteiger charge is -1.99. The highest BCUT2D eigenvalue weighted by molar-refractivity contribution is 7.78. The molecule has 0 heterocycles. The predicted molar refractivity (Wildman–Crippen MR) is 62.5 cm³/mol. The maximum absolute atomic E-state index is 10.7. The van der Waals surface area contributed by atoms with Crippen LogP contribution < -0.4 is 0 Å². The van der Waals surface area contributed by atoms with E-state index >= 15 is 0 Å². The number of allylic oxidation sites excluding steroid dienone is 1. The first-order valence-corrected chi connectivity index (χ1v) is 5.80. The Morgan fingerprint density at radius 3 is 2.29 bits per heavy atom. The van der Waals surface area contributed by atoms with Gasteiger partial charge in [-0.1, -0.05) is 25.4 Å². The summed E-state index contributed by atoms with van der Waals surface area (Å²) >= 11 is 0. The van der Waals surface area contributed by atoms with Crippen LogP contribution in [-0.4, -0.2) is 11.7 Å². The number of isothiocyanates is 1. The Bertz CT molecular complexity index is 255. The Labute approximate surface area is 89.1 Å². The zero-order valence-corrected chi connectivity index (χ0v) is 10.5. The van der Waals surface area contributed by atoms with Gasteiger partial charge in [0.2, 0.25) is 0 Å². The molecule has 0 atom stereocenters. The van der Waals surface area contributed by atoms with E-state index in [1.165, 1.54) is 12.7 Å². The van der Waals surface area contributed by atoms with Crippen LogP contribution in [0, 0.1) is 0 Å². The van der Waals surface area contributed by atoms with Gasteiger partial charge in [-0.15, -0.1) is 0 Å². The molecule has 0 aromatic rings. The molecule has 0 radical (unpaired) electrons. The van der Waals surface area contributed by atoms with Crippen LogP contribution >= 0.6 is 0 Å². The predicted octanol–water partition coefficient (Wildman–Crippen LogP) is 3.15. The molecule has 0 aliphatic heterocycles. The summed E-state index contributed by atoms with van der Waals surface area (Å²) in [5.74, 6) is 0. The van der Waals surface area contributed by atoms with Gasteiger partial charge in [0.05, 0.1) is 6.26 Å². The summed E-state index contributed by atoms with van der Waals surface area (Å²) in [6, 6.07) is 0. The van der Waals surface area contributed by atoms with E-state index in [0.717, 1.165) is 5.57 Å². The Hall–Kier alpha value is -0.730. The van der Waals surface area contributed by atoms with Crippen molar-refractivity contribution in [3.63, 3.8) is 0 Å². The van der Waals surface area contributed by atoms with Gasteiger partial charge < -0.3 is 8.39 Å². The summed E-state index contributed by atoms with van der Waals surface area (Å²) in [7, 11) is -1.53. The zero-order valence-electron chi connectivity index (χ0n) is 9.66. The maximum Gasteiger partial charge on any atom is 0.0601 e. The quantitative estimate of drug-likeness (QED) is 0.316. The van der Waals surface area contributed by atoms with Crippen LogP contribution in [0.5, 0.6) is 0 Å². The van der Waals surface area contributed by atoms with Gasteiger partial charge in [-0.05, 0) is 37.0 Å². The lowest BCUT2D eigenvalue weighted by molar-refractivity contribution is 0.489. The standard InChI is InChI=1S/C7H12NO2S.C3H8/c1-4-8-6-11(9)10-5-7(2)3;1-3-2/h5H,4H2,1-3H3;3H2,1-2H3/q-1;. The highest BCUT2D eigenvalue weighted by Gasteiger charge is 1.69. The Morgan fingerprint density at radius 2 is 1.93 bits per heavy atom. The molecule has 84 valence electrons. The number of hydrogen-bond donors (Lipinski definition) is 0. The van der Waals surface area contributed by atoms with E-state index in [9.17, 15) is 4.21 Å². The molecule has 0 fully saturated rings. The van der Waals surface area contributed by atoms with Crippen LogP contribution in [0.15, 0.2) is 16.8 Å². The molecule has 0 aromatic heterocycles. The summed E-state index contributed by atoms with van der Waals surface area (Å²) in [5, 5.41) is 2.32. The van der Waals surface area contributed by atoms with Crippen molar-refractivity contribution in [2.24, 2.45) is 4.99 Å². The molecule has 3 nitrogen and oxygen atoms in total. The van der Waals surface area contributed by atoms with Crippen LogP contribution in [-0.2, 0) is 19.1 Å². The topological polar surface area (TPSA) is 38.7 Å². The monoisotopic (exact) mass is 218 g/mol. The van der Waals surface area contributed by atoms with Gasteiger partial charge in [-0.25, -0.2) is 0 Å². The zero-order chi connectivity index (χ0) is 11.4. The third-order valence-electron chi connectivity index (χ3n) is 0.668. The summed E-state index contributed by atoms with van der Waals surface area (Å²) in [6.07, 6.45) is 2.67. The number of aliphatic imine (C=N–C) groups is 1. The van der Waals surface area contributed by atoms with E-state index in [-0.39, 0.29) is 0 Å². The molecular weight excluding hydrogens is 198 g/mol. The maximum atomic E-state index is 10.7. The number of hydrogen-bond acceptors (Lipinski definition) is 4. The molecule has 4 heteroatoms. The Balaban J connectivity index is 0. The van der Waals surface area contributed by atoms with Gasteiger partial charge in [0.1, 0.15) is 0 Å². The number of nitrogens with zero attached hydrogens (tertiary/aromatic N) is 1. The van der Waals surface area contributed by atoms with E-state index in [1.54, 1.807) is 0 Å². The summed E-state index contributed by atoms with van der Waals surface area (Å²) < 4.78 is 15.5. The van der Waals surface area contributed by atoms with Crippen molar-refractivity contribution in [2.75, 3.05) is 6.54 Å². The van der Waals surface area contributed by atoms with Crippen molar-refractivity contribution in [1.29, 1.82) is 0 Å². The second kappa shape index (κ2) is 12.3. The number of rotatable bonds is 3. The molecular formula is C10H20NO2S-. The molecule has 0 rings (SSSR count). The molecule has 14 heavy (non-hydrogen) atoms. The minimum Gasteiger partial charge on any atom is -0.558 e. The van der Waals surface area contributed by atoms with Crippen LogP contribution in [0.25, 0.3) is 0 Å². The van der Waals surface area contributed by atoms with Crippen molar-refractivity contribution in [3.05, 3.63) is 11.8 Å². The molecule has 0 unspecified atom stereocenters. The normalized spacial score (nSPS) is 8.14. The van der Waals surface area contributed by atoms with Crippen molar-refractivity contribution < 1.29 is 8.39 Å². The SMILES string of the molecule is CCC.CCN=C=[S-](=O)OC=C(C)C. The molecule has 0 aliphatic rings. The van der Waals surface area contributed by atoms with Crippen molar-refractivity contribution >= 4 is 15.8 Å². The van der Waals surface area contributed by atoms with E-state index in [2.05, 4.69) is 24.0 Å². The van der Waals surface area contributed by atoms with Gasteiger partial charge in [0.25, 0.3) is 0 Å². The lowest BCUT2D eigenvalue weighted by Crippen LogP contribution is -1.79. The average Bonchev–Trinajstić information content (AvgIpc) is 2.12. The minimum absolute atomic E-state index is 0.573. The smallest absolute Gasteiger partial charge is 0.0601 e. The van der Waals surface area contributed by atoms with E-state index < -0.39 is 10.7 Å². The first kappa shape index (κ1) is 15.7. The highest BCUT2D eigenvalue weighted by atomic mass is 32.2. The third-order valence-corrected chi connectivity index (χ3v) is 1.22. The van der Waals surface area contributed by atoms with E-state index in [4.69, 9.17) is 4.18 Å². The molecule has 0 saturated heterocycles. The van der Waals surface area contributed by atoms with Crippen LogP contribution in [0.1, 0.15) is 41.0 Å². The highest BCUT2D eigenvalue weighted by Crippen LogP contribution is 1.88. The Kier molecular flexibility index (Phi) is 13.8. The van der Waals surface area contributed by atoms with Crippen LogP contribution in [0.4, 0.5) is 0 Å². The molecule has 0 aliphatic carbocycles. The van der Waals surface area contributed by atoms with E-state index in [1.807, 2.05) is 20.8 Å². The van der Waals surface area contributed by atoms with E-state index in [0.29, 0.717) is 6.54 Å². The van der Waals surface area contributed by atoms with Gasteiger partial charge in [0, 0.05) is 6.54 Å². The molecule has 0 N–H and O–H groups in total. The van der Waals surface area contributed by atoms with Gasteiger partial charge in [0.15, 0.2) is 0 Å². The fourth-order valence-electron chi connectivity index (χ4n) is 0.279. The molecule has 0 bridgehead atoms. The first-order valence-electron chi connectivity index (χ1n) is 4.72. The summed E-state index contributed by atoms with van der Waals surface area (Å²) in [6.45, 7) is 10.4. The molecule has 0 amide bonds. The first-order chi connectivity index (χ1) is 6.58. The molecule has 0 saturated carbocycles. The third kappa shape index (κ3) is 17.4. The van der Waals surface area contributed by atoms with Gasteiger partial charge in [-0.2, -0.15) is 0 Å². The molecule has 0 aromatic carbocycles. The van der Waals surface area contributed by atoms with Gasteiger partial charge >= 0.3 is 0 Å².